The quantitative estimate of drug-likeness (QED) is 0.420. The molecule has 4 rings (SSSR count). The molecule has 4 aromatic rings. The molecule has 134 valence electrons. The van der Waals surface area contributed by atoms with Crippen molar-refractivity contribution in [2.75, 3.05) is 10.6 Å². The van der Waals surface area contributed by atoms with Gasteiger partial charge in [-0.15, -0.1) is 11.3 Å². The summed E-state index contributed by atoms with van der Waals surface area (Å²) in [6.07, 6.45) is 0.839. The van der Waals surface area contributed by atoms with E-state index in [1.165, 1.54) is 15.8 Å². The number of rotatable bonds is 4. The van der Waals surface area contributed by atoms with Crippen LogP contribution >= 0.6 is 23.6 Å². The fourth-order valence-electron chi connectivity index (χ4n) is 2.81. The van der Waals surface area contributed by atoms with Crippen LogP contribution in [-0.2, 0) is 6.42 Å². The Morgan fingerprint density at radius 3 is 2.19 bits per heavy atom. The Morgan fingerprint density at radius 2 is 1.52 bits per heavy atom. The molecule has 3 nitrogen and oxygen atoms in total. The number of thiazole rings is 1. The second kappa shape index (κ2) is 7.86. The lowest BCUT2D eigenvalue weighted by Gasteiger charge is -2.11. The smallest absolute Gasteiger partial charge is 0.175 e. The van der Waals surface area contributed by atoms with Crippen LogP contribution in [0.25, 0.3) is 10.2 Å². The first-order chi connectivity index (χ1) is 13.2. The van der Waals surface area contributed by atoms with Crippen LogP contribution in [0.4, 0.5) is 11.4 Å². The molecule has 0 fully saturated rings. The highest BCUT2D eigenvalue weighted by molar-refractivity contribution is 7.80. The molecule has 0 atom stereocenters. The monoisotopic (exact) mass is 389 g/mol. The van der Waals surface area contributed by atoms with Gasteiger partial charge in [-0.3, -0.25) is 0 Å². The Morgan fingerprint density at radius 1 is 0.889 bits per heavy atom. The van der Waals surface area contributed by atoms with E-state index in [1.54, 1.807) is 11.3 Å². The molecule has 0 unspecified atom stereocenters. The molecule has 0 aliphatic carbocycles. The second-order valence-electron chi connectivity index (χ2n) is 6.39. The Bertz CT molecular complexity index is 1030. The van der Waals surface area contributed by atoms with Crippen LogP contribution in [0.1, 0.15) is 16.1 Å². The maximum Gasteiger partial charge on any atom is 0.175 e. The van der Waals surface area contributed by atoms with Gasteiger partial charge in [0, 0.05) is 17.8 Å². The van der Waals surface area contributed by atoms with Crippen molar-refractivity contribution in [3.05, 3.63) is 88.9 Å². The van der Waals surface area contributed by atoms with Crippen molar-refractivity contribution < 1.29 is 0 Å². The lowest BCUT2D eigenvalue weighted by molar-refractivity contribution is 1.16. The minimum atomic E-state index is 0.581. The van der Waals surface area contributed by atoms with Gasteiger partial charge in [-0.1, -0.05) is 42.0 Å². The van der Waals surface area contributed by atoms with Gasteiger partial charge in [0.2, 0.25) is 0 Å². The molecule has 2 N–H and O–H groups in total. The number of thiocarbonyl (C=S) groups is 1. The van der Waals surface area contributed by atoms with E-state index in [2.05, 4.69) is 60.0 Å². The Kier molecular flexibility index (Phi) is 5.14. The van der Waals surface area contributed by atoms with Crippen molar-refractivity contribution in [1.29, 1.82) is 0 Å². The van der Waals surface area contributed by atoms with E-state index in [-0.39, 0.29) is 0 Å². The van der Waals surface area contributed by atoms with E-state index >= 15 is 0 Å². The number of benzene rings is 3. The zero-order valence-electron chi connectivity index (χ0n) is 14.9. The predicted octanol–water partition coefficient (Wildman–Crippen LogP) is 6.00. The molecule has 0 aliphatic rings. The summed E-state index contributed by atoms with van der Waals surface area (Å²) in [5.41, 5.74) is 5.47. The molecule has 3 aromatic carbocycles. The van der Waals surface area contributed by atoms with Crippen LogP contribution < -0.4 is 10.6 Å². The summed E-state index contributed by atoms with van der Waals surface area (Å²) in [5.74, 6) is 0. The van der Waals surface area contributed by atoms with Gasteiger partial charge in [0.15, 0.2) is 5.11 Å². The van der Waals surface area contributed by atoms with Gasteiger partial charge in [-0.2, -0.15) is 0 Å². The molecule has 27 heavy (non-hydrogen) atoms. The highest BCUT2D eigenvalue weighted by atomic mass is 32.1. The molecule has 0 aliphatic heterocycles. The average Bonchev–Trinajstić information content (AvgIpc) is 3.07. The van der Waals surface area contributed by atoms with E-state index in [4.69, 9.17) is 17.2 Å². The van der Waals surface area contributed by atoms with E-state index < -0.39 is 0 Å². The lowest BCUT2D eigenvalue weighted by atomic mass is 10.1. The molecule has 0 amide bonds. The summed E-state index contributed by atoms with van der Waals surface area (Å²) in [6, 6.07) is 24.7. The molecule has 1 heterocycles. The highest BCUT2D eigenvalue weighted by Crippen LogP contribution is 2.24. The zero-order chi connectivity index (χ0) is 18.6. The summed E-state index contributed by atoms with van der Waals surface area (Å²) >= 11 is 7.15. The van der Waals surface area contributed by atoms with Crippen molar-refractivity contribution in [3.63, 3.8) is 0 Å². The van der Waals surface area contributed by atoms with E-state index in [0.29, 0.717) is 5.11 Å². The number of nitrogens with one attached hydrogen (secondary N) is 2. The minimum absolute atomic E-state index is 0.581. The van der Waals surface area contributed by atoms with Crippen molar-refractivity contribution in [2.24, 2.45) is 0 Å². The SMILES string of the molecule is Cc1ccc(NC(=S)Nc2ccc(Cc3nc4ccccc4s3)cc2)cc1. The number of para-hydroxylation sites is 1. The maximum absolute atomic E-state index is 5.39. The summed E-state index contributed by atoms with van der Waals surface area (Å²) in [4.78, 5) is 4.70. The van der Waals surface area contributed by atoms with Crippen molar-refractivity contribution in [1.82, 2.24) is 4.98 Å². The molecule has 0 saturated heterocycles. The molecule has 0 bridgehead atoms. The van der Waals surface area contributed by atoms with Crippen LogP contribution in [0.15, 0.2) is 72.8 Å². The van der Waals surface area contributed by atoms with Gasteiger partial charge >= 0.3 is 0 Å². The van der Waals surface area contributed by atoms with Crippen LogP contribution in [0.2, 0.25) is 0 Å². The topological polar surface area (TPSA) is 37.0 Å². The Hall–Kier alpha value is -2.76. The normalized spacial score (nSPS) is 10.7. The van der Waals surface area contributed by atoms with Gasteiger partial charge in [-0.25, -0.2) is 4.98 Å². The predicted molar refractivity (Wildman–Crippen MR) is 120 cm³/mol. The first-order valence-electron chi connectivity index (χ1n) is 8.74. The molecule has 0 spiro atoms. The van der Waals surface area contributed by atoms with E-state index in [9.17, 15) is 0 Å². The zero-order valence-corrected chi connectivity index (χ0v) is 16.5. The molecule has 0 radical (unpaired) electrons. The third kappa shape index (κ3) is 4.51. The third-order valence-corrected chi connectivity index (χ3v) is 5.46. The molecule has 0 saturated carbocycles. The Balaban J connectivity index is 1.38. The number of fused-ring (bicyclic) bond motifs is 1. The summed E-state index contributed by atoms with van der Waals surface area (Å²) in [7, 11) is 0. The van der Waals surface area contributed by atoms with Gasteiger partial charge in [0.25, 0.3) is 0 Å². The van der Waals surface area contributed by atoms with Gasteiger partial charge in [0.05, 0.1) is 15.2 Å². The van der Waals surface area contributed by atoms with Crippen molar-refractivity contribution in [3.8, 4) is 0 Å². The fourth-order valence-corrected chi connectivity index (χ4v) is 4.04. The molecule has 1 aromatic heterocycles. The second-order valence-corrected chi connectivity index (χ2v) is 7.92. The van der Waals surface area contributed by atoms with Crippen LogP contribution in [0, 0.1) is 6.92 Å². The van der Waals surface area contributed by atoms with Crippen LogP contribution in [0.5, 0.6) is 0 Å². The summed E-state index contributed by atoms with van der Waals surface area (Å²) in [5, 5.41) is 8.14. The third-order valence-electron chi connectivity index (χ3n) is 4.21. The number of aryl methyl sites for hydroxylation is 1. The lowest BCUT2D eigenvalue weighted by Crippen LogP contribution is -2.18. The standard InChI is InChI=1S/C22H19N3S2/c1-15-6-10-17(11-7-15)23-22(26)24-18-12-8-16(9-13-18)14-21-25-19-4-2-3-5-20(19)27-21/h2-13H,14H2,1H3,(H2,23,24,26). The highest BCUT2D eigenvalue weighted by Gasteiger charge is 2.05. The van der Waals surface area contributed by atoms with E-state index in [1.807, 2.05) is 30.3 Å². The fraction of sp³-hybridized carbons (Fsp3) is 0.0909. The number of hydrogen-bond donors (Lipinski definition) is 2. The largest absolute Gasteiger partial charge is 0.332 e. The molecule has 5 heteroatoms. The number of hydrogen-bond acceptors (Lipinski definition) is 3. The molecular formula is C22H19N3S2. The van der Waals surface area contributed by atoms with Crippen molar-refractivity contribution in [2.45, 2.75) is 13.3 Å². The molecular weight excluding hydrogens is 370 g/mol. The van der Waals surface area contributed by atoms with Gasteiger partial charge in [0.1, 0.15) is 0 Å². The van der Waals surface area contributed by atoms with E-state index in [0.717, 1.165) is 28.3 Å². The Labute approximate surface area is 168 Å². The summed E-state index contributed by atoms with van der Waals surface area (Å²) in [6.45, 7) is 2.07. The van der Waals surface area contributed by atoms with Crippen LogP contribution in [0.3, 0.4) is 0 Å². The van der Waals surface area contributed by atoms with Crippen LogP contribution in [-0.4, -0.2) is 10.1 Å². The summed E-state index contributed by atoms with van der Waals surface area (Å²) < 4.78 is 1.23. The van der Waals surface area contributed by atoms with Gasteiger partial charge < -0.3 is 10.6 Å². The minimum Gasteiger partial charge on any atom is -0.332 e. The van der Waals surface area contributed by atoms with Gasteiger partial charge in [-0.05, 0) is 61.1 Å². The maximum atomic E-state index is 5.39. The first kappa shape index (κ1) is 17.6. The first-order valence-corrected chi connectivity index (χ1v) is 9.96. The van der Waals surface area contributed by atoms with Crippen molar-refractivity contribution >= 4 is 50.3 Å². The number of aromatic nitrogens is 1. The number of nitrogens with zero attached hydrogens (tertiary/aromatic N) is 1. The number of anilines is 2. The average molecular weight is 390 g/mol.